The number of nitrogens with zero attached hydrogens (tertiary/aromatic N) is 2. The van der Waals surface area contributed by atoms with Crippen molar-refractivity contribution in [3.63, 3.8) is 0 Å². The molecule has 0 aliphatic carbocycles. The molecule has 0 bridgehead atoms. The first kappa shape index (κ1) is 19.4. The van der Waals surface area contributed by atoms with Crippen LogP contribution in [0.5, 0.6) is 0 Å². The molecule has 1 aliphatic heterocycles. The molecule has 0 saturated carbocycles. The Morgan fingerprint density at radius 1 is 1.15 bits per heavy atom. The third kappa shape index (κ3) is 4.33. The molecular formula is C19H22FN3O3S. The number of carbonyl (C=O) groups is 1. The van der Waals surface area contributed by atoms with E-state index in [4.69, 9.17) is 0 Å². The van der Waals surface area contributed by atoms with Crippen molar-refractivity contribution in [2.24, 2.45) is 0 Å². The van der Waals surface area contributed by atoms with Crippen molar-refractivity contribution < 1.29 is 17.6 Å². The van der Waals surface area contributed by atoms with Gasteiger partial charge in [0.15, 0.2) is 0 Å². The summed E-state index contributed by atoms with van der Waals surface area (Å²) in [5.41, 5.74) is 0.967. The molecule has 1 saturated heterocycles. The van der Waals surface area contributed by atoms with Gasteiger partial charge in [0.1, 0.15) is 10.7 Å². The molecule has 27 heavy (non-hydrogen) atoms. The normalized spacial score (nSPS) is 16.7. The quantitative estimate of drug-likeness (QED) is 0.850. The van der Waals surface area contributed by atoms with Crippen LogP contribution in [0.1, 0.15) is 48.1 Å². The van der Waals surface area contributed by atoms with Gasteiger partial charge in [-0.15, -0.1) is 0 Å². The average molecular weight is 391 g/mol. The second kappa shape index (κ2) is 8.14. The molecule has 1 unspecified atom stereocenters. The number of piperidine rings is 1. The highest BCUT2D eigenvalue weighted by Gasteiger charge is 2.29. The molecule has 1 aromatic carbocycles. The summed E-state index contributed by atoms with van der Waals surface area (Å²) in [5, 5.41) is 2.79. The van der Waals surface area contributed by atoms with Gasteiger partial charge in [-0.05, 0) is 55.7 Å². The number of sulfonamides is 1. The van der Waals surface area contributed by atoms with Gasteiger partial charge in [0, 0.05) is 31.0 Å². The summed E-state index contributed by atoms with van der Waals surface area (Å²) >= 11 is 0. The van der Waals surface area contributed by atoms with Crippen molar-refractivity contribution in [3.8, 4) is 0 Å². The first-order chi connectivity index (χ1) is 12.9. The Labute approximate surface area is 158 Å². The van der Waals surface area contributed by atoms with Crippen molar-refractivity contribution in [3.05, 3.63) is 59.7 Å². The zero-order valence-corrected chi connectivity index (χ0v) is 15.9. The van der Waals surface area contributed by atoms with Crippen LogP contribution in [-0.4, -0.2) is 36.7 Å². The highest BCUT2D eigenvalue weighted by molar-refractivity contribution is 7.89. The van der Waals surface area contributed by atoms with Crippen LogP contribution in [0.4, 0.5) is 4.39 Å². The number of halogens is 1. The summed E-state index contributed by atoms with van der Waals surface area (Å²) in [7, 11) is -3.96. The largest absolute Gasteiger partial charge is 0.346 e. The number of nitrogens with one attached hydrogen (secondary N) is 1. The molecule has 6 nitrogen and oxygen atoms in total. The van der Waals surface area contributed by atoms with Gasteiger partial charge in [-0.2, -0.15) is 4.31 Å². The first-order valence-electron chi connectivity index (χ1n) is 8.90. The number of rotatable bonds is 5. The summed E-state index contributed by atoms with van der Waals surface area (Å²) < 4.78 is 41.1. The van der Waals surface area contributed by atoms with Gasteiger partial charge in [0.2, 0.25) is 10.0 Å². The van der Waals surface area contributed by atoms with E-state index in [-0.39, 0.29) is 11.6 Å². The molecule has 2 heterocycles. The van der Waals surface area contributed by atoms with Crippen molar-refractivity contribution in [2.45, 2.75) is 37.1 Å². The van der Waals surface area contributed by atoms with E-state index in [1.54, 1.807) is 24.5 Å². The summed E-state index contributed by atoms with van der Waals surface area (Å²) in [4.78, 5) is 16.0. The summed E-state index contributed by atoms with van der Waals surface area (Å²) in [6, 6.07) is 6.70. The number of carbonyl (C=O) groups excluding carboxylic acids is 1. The van der Waals surface area contributed by atoms with Crippen LogP contribution in [0.15, 0.2) is 47.6 Å². The van der Waals surface area contributed by atoms with Gasteiger partial charge < -0.3 is 5.32 Å². The maximum Gasteiger partial charge on any atom is 0.251 e. The fourth-order valence-electron chi connectivity index (χ4n) is 3.10. The molecule has 1 aliphatic rings. The lowest BCUT2D eigenvalue weighted by Gasteiger charge is -2.26. The zero-order valence-electron chi connectivity index (χ0n) is 15.1. The average Bonchev–Trinajstić information content (AvgIpc) is 2.69. The van der Waals surface area contributed by atoms with E-state index in [0.717, 1.165) is 37.0 Å². The molecule has 1 fully saturated rings. The van der Waals surface area contributed by atoms with Crippen LogP contribution in [-0.2, 0) is 10.0 Å². The predicted molar refractivity (Wildman–Crippen MR) is 99.1 cm³/mol. The molecule has 1 N–H and O–H groups in total. The number of hydrogen-bond donors (Lipinski definition) is 1. The molecular weight excluding hydrogens is 369 g/mol. The Bertz CT molecular complexity index is 913. The van der Waals surface area contributed by atoms with Crippen LogP contribution in [0.25, 0.3) is 0 Å². The number of amides is 1. The third-order valence-corrected chi connectivity index (χ3v) is 6.59. The van der Waals surface area contributed by atoms with E-state index in [0.29, 0.717) is 13.1 Å². The molecule has 0 radical (unpaired) electrons. The Morgan fingerprint density at radius 3 is 2.48 bits per heavy atom. The maximum absolute atomic E-state index is 14.3. The van der Waals surface area contributed by atoms with Crippen molar-refractivity contribution in [1.29, 1.82) is 0 Å². The molecule has 3 rings (SSSR count). The number of hydrogen-bond acceptors (Lipinski definition) is 4. The molecule has 0 spiro atoms. The van der Waals surface area contributed by atoms with Crippen molar-refractivity contribution in [2.75, 3.05) is 13.1 Å². The van der Waals surface area contributed by atoms with E-state index in [1.165, 1.54) is 10.4 Å². The smallest absolute Gasteiger partial charge is 0.251 e. The van der Waals surface area contributed by atoms with Gasteiger partial charge >= 0.3 is 0 Å². The van der Waals surface area contributed by atoms with Crippen LogP contribution in [0.3, 0.4) is 0 Å². The monoisotopic (exact) mass is 391 g/mol. The molecule has 144 valence electrons. The molecule has 1 amide bonds. The Kier molecular flexibility index (Phi) is 5.86. The summed E-state index contributed by atoms with van der Waals surface area (Å²) in [6.45, 7) is 2.55. The van der Waals surface area contributed by atoms with Crippen molar-refractivity contribution in [1.82, 2.24) is 14.6 Å². The molecule has 8 heteroatoms. The SMILES string of the molecule is CC(NC(=O)c1ccc(F)c(S(=O)(=O)N2CCCCC2)c1)c1ccncc1. The fourth-order valence-corrected chi connectivity index (χ4v) is 4.71. The van der Waals surface area contributed by atoms with Crippen LogP contribution < -0.4 is 5.32 Å². The highest BCUT2D eigenvalue weighted by Crippen LogP contribution is 2.24. The van der Waals surface area contributed by atoms with Crippen LogP contribution in [0, 0.1) is 5.82 Å². The molecule has 1 aromatic heterocycles. The minimum Gasteiger partial charge on any atom is -0.346 e. The van der Waals surface area contributed by atoms with Gasteiger partial charge in [-0.1, -0.05) is 6.42 Å². The lowest BCUT2D eigenvalue weighted by Crippen LogP contribution is -2.36. The summed E-state index contributed by atoms with van der Waals surface area (Å²) in [5.74, 6) is -1.31. The van der Waals surface area contributed by atoms with Gasteiger partial charge in [0.25, 0.3) is 5.91 Å². The minimum absolute atomic E-state index is 0.105. The highest BCUT2D eigenvalue weighted by atomic mass is 32.2. The number of aromatic nitrogens is 1. The zero-order chi connectivity index (χ0) is 19.4. The maximum atomic E-state index is 14.3. The second-order valence-corrected chi connectivity index (χ2v) is 8.49. The van der Waals surface area contributed by atoms with E-state index in [1.807, 2.05) is 6.92 Å². The van der Waals surface area contributed by atoms with E-state index in [9.17, 15) is 17.6 Å². The molecule has 1 atom stereocenters. The first-order valence-corrected chi connectivity index (χ1v) is 10.3. The van der Waals surface area contributed by atoms with Crippen LogP contribution >= 0.6 is 0 Å². The Morgan fingerprint density at radius 2 is 1.81 bits per heavy atom. The topological polar surface area (TPSA) is 79.4 Å². The number of benzene rings is 1. The van der Waals surface area contributed by atoms with Crippen LogP contribution in [0.2, 0.25) is 0 Å². The lowest BCUT2D eigenvalue weighted by molar-refractivity contribution is 0.0939. The number of pyridine rings is 1. The van der Waals surface area contributed by atoms with Gasteiger partial charge in [0.05, 0.1) is 6.04 Å². The van der Waals surface area contributed by atoms with E-state index >= 15 is 0 Å². The Balaban J connectivity index is 1.83. The fraction of sp³-hybridized carbons (Fsp3) is 0.368. The molecule has 2 aromatic rings. The summed E-state index contributed by atoms with van der Waals surface area (Å²) in [6.07, 6.45) is 5.72. The second-order valence-electron chi connectivity index (χ2n) is 6.59. The minimum atomic E-state index is -3.96. The lowest BCUT2D eigenvalue weighted by atomic mass is 10.1. The third-order valence-electron chi connectivity index (χ3n) is 4.68. The van der Waals surface area contributed by atoms with Gasteiger partial charge in [-0.25, -0.2) is 12.8 Å². The van der Waals surface area contributed by atoms with E-state index < -0.39 is 26.6 Å². The predicted octanol–water partition coefficient (Wildman–Crippen LogP) is 2.89. The van der Waals surface area contributed by atoms with Crippen molar-refractivity contribution >= 4 is 15.9 Å². The van der Waals surface area contributed by atoms with Gasteiger partial charge in [-0.3, -0.25) is 9.78 Å². The Hall–Kier alpha value is -2.32. The van der Waals surface area contributed by atoms with E-state index in [2.05, 4.69) is 10.3 Å². The standard InChI is InChI=1S/C19H22FN3O3S/c1-14(15-7-9-21-10-8-15)22-19(24)16-5-6-17(20)18(13-16)27(25,26)23-11-3-2-4-12-23/h5-10,13-14H,2-4,11-12H2,1H3,(H,22,24).